The Labute approximate surface area is 80.1 Å². The fraction of sp³-hybridized carbons (Fsp3) is 0.800. The molecular formula is C5H11OW2-. The second-order valence-corrected chi connectivity index (χ2v) is 1.11. The quantitative estimate of drug-likeness (QED) is 0.461. The second kappa shape index (κ2) is 15.8. The Balaban J connectivity index is -0.000000125. The molecule has 0 saturated carbocycles. The van der Waals surface area contributed by atoms with Crippen molar-refractivity contribution in [1.82, 2.24) is 0 Å². The Kier molecular flexibility index (Phi) is 31.8. The molecule has 0 aromatic rings. The number of hydrogen-bond acceptors (Lipinski definition) is 1. The second-order valence-electron chi connectivity index (χ2n) is 1.11. The van der Waals surface area contributed by atoms with Crippen LogP contribution in [-0.4, -0.2) is 13.2 Å². The van der Waals surface area contributed by atoms with Gasteiger partial charge in [-0.2, -0.15) is 0 Å². The van der Waals surface area contributed by atoms with Crippen LogP contribution in [0, 0.1) is 6.92 Å². The van der Waals surface area contributed by atoms with Gasteiger partial charge in [0.2, 0.25) is 0 Å². The van der Waals surface area contributed by atoms with E-state index in [9.17, 15) is 0 Å². The predicted octanol–water partition coefficient (Wildman–Crippen LogP) is 1.24. The van der Waals surface area contributed by atoms with Crippen LogP contribution in [0.1, 0.15) is 13.3 Å². The molecule has 0 atom stereocenters. The molecule has 0 aliphatic carbocycles. The maximum atomic E-state index is 4.87. The van der Waals surface area contributed by atoms with Gasteiger partial charge in [0.1, 0.15) is 0 Å². The van der Waals surface area contributed by atoms with Gasteiger partial charge in [0, 0.05) is 48.7 Å². The molecule has 0 aliphatic rings. The summed E-state index contributed by atoms with van der Waals surface area (Å²) in [7, 11) is 0. The molecule has 50 valence electrons. The van der Waals surface area contributed by atoms with Gasteiger partial charge in [-0.25, -0.2) is 0 Å². The predicted molar refractivity (Wildman–Crippen MR) is 26.5 cm³/mol. The number of hydrogen-bond donors (Lipinski definition) is 0. The largest absolute Gasteiger partial charge is 0.413 e. The van der Waals surface area contributed by atoms with Crippen molar-refractivity contribution in [2.45, 2.75) is 13.3 Å². The summed E-state index contributed by atoms with van der Waals surface area (Å²) in [5.74, 6) is 0. The van der Waals surface area contributed by atoms with Crippen LogP contribution in [0.2, 0.25) is 0 Å². The van der Waals surface area contributed by atoms with Crippen LogP contribution in [0.25, 0.3) is 0 Å². The minimum atomic E-state index is 0. The standard InChI is InChI=1S/C5H11O.2W/c1-3-5-6-4-2;;/h2-5H2,1H3;;/q-1;;. The number of rotatable bonds is 3. The van der Waals surface area contributed by atoms with Gasteiger partial charge >= 0.3 is 0 Å². The summed E-state index contributed by atoms with van der Waals surface area (Å²) < 4.78 is 4.87. The van der Waals surface area contributed by atoms with E-state index in [4.69, 9.17) is 4.74 Å². The molecule has 1 nitrogen and oxygen atoms in total. The van der Waals surface area contributed by atoms with Crippen molar-refractivity contribution in [2.75, 3.05) is 13.2 Å². The van der Waals surface area contributed by atoms with E-state index in [1.165, 1.54) is 0 Å². The Morgan fingerprint density at radius 3 is 2.00 bits per heavy atom. The monoisotopic (exact) mass is 455 g/mol. The van der Waals surface area contributed by atoms with Gasteiger partial charge in [0.15, 0.2) is 0 Å². The minimum absolute atomic E-state index is 0. The smallest absolute Gasteiger partial charge is 0.0427 e. The molecule has 0 fully saturated rings. The van der Waals surface area contributed by atoms with Gasteiger partial charge in [-0.15, -0.1) is 0 Å². The van der Waals surface area contributed by atoms with Gasteiger partial charge in [-0.3, -0.25) is 0 Å². The fourth-order valence-corrected chi connectivity index (χ4v) is 0.246. The summed E-state index contributed by atoms with van der Waals surface area (Å²) in [6, 6.07) is 0. The first-order valence-electron chi connectivity index (χ1n) is 2.28. The molecule has 0 rings (SSSR count). The summed E-state index contributed by atoms with van der Waals surface area (Å²) in [4.78, 5) is 0. The molecule has 0 bridgehead atoms. The molecule has 0 aromatic heterocycles. The van der Waals surface area contributed by atoms with Crippen LogP contribution in [0.4, 0.5) is 0 Å². The zero-order valence-electron chi connectivity index (χ0n) is 5.05. The Morgan fingerprint density at radius 2 is 1.88 bits per heavy atom. The fourth-order valence-electron chi connectivity index (χ4n) is 0.246. The molecule has 3 heteroatoms. The summed E-state index contributed by atoms with van der Waals surface area (Å²) in [6.07, 6.45) is 1.09. The number of ether oxygens (including phenoxy) is 1. The van der Waals surface area contributed by atoms with Crippen LogP contribution in [0.15, 0.2) is 0 Å². The van der Waals surface area contributed by atoms with Crippen molar-refractivity contribution >= 4 is 0 Å². The third-order valence-corrected chi connectivity index (χ3v) is 0.493. The van der Waals surface area contributed by atoms with Crippen molar-refractivity contribution in [3.05, 3.63) is 6.92 Å². The van der Waals surface area contributed by atoms with E-state index in [2.05, 4.69) is 13.8 Å². The Bertz CT molecular complexity index is 22.4. The molecule has 0 spiro atoms. The van der Waals surface area contributed by atoms with E-state index in [0.717, 1.165) is 13.0 Å². The third-order valence-electron chi connectivity index (χ3n) is 0.493. The summed E-state index contributed by atoms with van der Waals surface area (Å²) >= 11 is 0. The maximum Gasteiger partial charge on any atom is 0.0427 e. The molecule has 0 amide bonds. The first-order valence-corrected chi connectivity index (χ1v) is 2.28. The van der Waals surface area contributed by atoms with Crippen LogP contribution in [0.5, 0.6) is 0 Å². The Hall–Kier alpha value is 1.34. The van der Waals surface area contributed by atoms with E-state index >= 15 is 0 Å². The minimum Gasteiger partial charge on any atom is -0.413 e. The zero-order valence-corrected chi connectivity index (χ0v) is 10.9. The van der Waals surface area contributed by atoms with Crippen LogP contribution < -0.4 is 0 Å². The SMILES string of the molecule is [CH2-]COCCC.[W].[W]. The maximum absolute atomic E-state index is 4.87. The molecule has 0 aromatic carbocycles. The van der Waals surface area contributed by atoms with E-state index in [-0.39, 0.29) is 42.1 Å². The molecular weight excluding hydrogens is 444 g/mol. The van der Waals surface area contributed by atoms with Crippen molar-refractivity contribution in [3.8, 4) is 0 Å². The Morgan fingerprint density at radius 1 is 1.38 bits per heavy atom. The van der Waals surface area contributed by atoms with E-state index in [0.29, 0.717) is 6.61 Å². The van der Waals surface area contributed by atoms with Gasteiger partial charge in [-0.05, 0) is 6.42 Å². The topological polar surface area (TPSA) is 9.23 Å². The summed E-state index contributed by atoms with van der Waals surface area (Å²) in [6.45, 7) is 7.04. The summed E-state index contributed by atoms with van der Waals surface area (Å²) in [5, 5.41) is 0. The van der Waals surface area contributed by atoms with Gasteiger partial charge in [0.05, 0.1) is 0 Å². The van der Waals surface area contributed by atoms with Gasteiger partial charge < -0.3 is 11.7 Å². The molecule has 0 saturated heterocycles. The first-order chi connectivity index (χ1) is 2.91. The van der Waals surface area contributed by atoms with Crippen molar-refractivity contribution in [2.24, 2.45) is 0 Å². The average molecular weight is 455 g/mol. The van der Waals surface area contributed by atoms with E-state index < -0.39 is 0 Å². The van der Waals surface area contributed by atoms with Crippen molar-refractivity contribution in [3.63, 3.8) is 0 Å². The first kappa shape index (κ1) is 16.2. The van der Waals surface area contributed by atoms with Crippen LogP contribution >= 0.6 is 0 Å². The van der Waals surface area contributed by atoms with Crippen molar-refractivity contribution in [1.29, 1.82) is 0 Å². The molecule has 0 radical (unpaired) electrons. The van der Waals surface area contributed by atoms with Gasteiger partial charge in [0.25, 0.3) is 0 Å². The van der Waals surface area contributed by atoms with E-state index in [1.54, 1.807) is 0 Å². The van der Waals surface area contributed by atoms with Crippen LogP contribution in [-0.2, 0) is 46.9 Å². The zero-order chi connectivity index (χ0) is 4.83. The third kappa shape index (κ3) is 15.7. The molecule has 0 heterocycles. The van der Waals surface area contributed by atoms with Crippen molar-refractivity contribution < 1.29 is 46.9 Å². The normalized spacial score (nSPS) is 6.75. The molecule has 0 aliphatic heterocycles. The molecule has 0 unspecified atom stereocenters. The summed E-state index contributed by atoms with van der Waals surface area (Å²) in [5.41, 5.74) is 0. The van der Waals surface area contributed by atoms with Gasteiger partial charge in [-0.1, -0.05) is 13.5 Å². The van der Waals surface area contributed by atoms with Crippen LogP contribution in [0.3, 0.4) is 0 Å². The molecule has 0 N–H and O–H groups in total. The molecule has 8 heavy (non-hydrogen) atoms. The average Bonchev–Trinajstić information content (AvgIpc) is 1.61. The van der Waals surface area contributed by atoms with E-state index in [1.807, 2.05) is 0 Å².